The summed E-state index contributed by atoms with van der Waals surface area (Å²) in [7, 11) is -2.08. The van der Waals surface area contributed by atoms with Crippen LogP contribution in [-0.2, 0) is 10.0 Å². The zero-order valence-corrected chi connectivity index (χ0v) is 11.7. The predicted octanol–water partition coefficient (Wildman–Crippen LogP) is 1.65. The van der Waals surface area contributed by atoms with Crippen molar-refractivity contribution in [2.45, 2.75) is 37.1 Å². The van der Waals surface area contributed by atoms with Crippen LogP contribution in [0, 0.1) is 0 Å². The lowest BCUT2D eigenvalue weighted by molar-refractivity contribution is 0.290. The molecule has 0 saturated carbocycles. The molecule has 0 spiro atoms. The van der Waals surface area contributed by atoms with Gasteiger partial charge in [0.15, 0.2) is 0 Å². The number of sulfonamides is 1. The van der Waals surface area contributed by atoms with Gasteiger partial charge < -0.3 is 4.74 Å². The van der Waals surface area contributed by atoms with Gasteiger partial charge in [0.1, 0.15) is 10.6 Å². The van der Waals surface area contributed by atoms with Crippen LogP contribution in [0.4, 0.5) is 0 Å². The standard InChI is InChI=1S/C12H18N2O3S/c1-12(2)6-4-8-14(12)18(15,16)11-9-13-7-5-10(11)17-3/h5,7,9H,4,6,8H2,1-3H3. The minimum atomic E-state index is -3.54. The molecule has 1 aliphatic heterocycles. The number of pyridine rings is 1. The van der Waals surface area contributed by atoms with E-state index < -0.39 is 10.0 Å². The average molecular weight is 270 g/mol. The van der Waals surface area contributed by atoms with Gasteiger partial charge in [-0.1, -0.05) is 0 Å². The van der Waals surface area contributed by atoms with Crippen LogP contribution in [-0.4, -0.2) is 36.9 Å². The Morgan fingerprint density at radius 3 is 2.72 bits per heavy atom. The summed E-state index contributed by atoms with van der Waals surface area (Å²) in [5.74, 6) is 0.340. The third kappa shape index (κ3) is 2.10. The van der Waals surface area contributed by atoms with Gasteiger partial charge in [-0.3, -0.25) is 4.98 Å². The van der Waals surface area contributed by atoms with Crippen molar-refractivity contribution in [1.82, 2.24) is 9.29 Å². The first-order valence-electron chi connectivity index (χ1n) is 5.90. The predicted molar refractivity (Wildman–Crippen MR) is 68.0 cm³/mol. The summed E-state index contributed by atoms with van der Waals surface area (Å²) in [6, 6.07) is 1.57. The molecule has 1 aromatic rings. The van der Waals surface area contributed by atoms with Gasteiger partial charge in [-0.25, -0.2) is 8.42 Å². The zero-order chi connectivity index (χ0) is 13.4. The summed E-state index contributed by atoms with van der Waals surface area (Å²) < 4.78 is 31.9. The van der Waals surface area contributed by atoms with E-state index in [1.807, 2.05) is 13.8 Å². The summed E-state index contributed by atoms with van der Waals surface area (Å²) >= 11 is 0. The molecular formula is C12H18N2O3S. The molecule has 0 unspecified atom stereocenters. The van der Waals surface area contributed by atoms with Crippen LogP contribution in [0.25, 0.3) is 0 Å². The van der Waals surface area contributed by atoms with Gasteiger partial charge in [0.05, 0.1) is 13.3 Å². The van der Waals surface area contributed by atoms with E-state index in [0.29, 0.717) is 12.3 Å². The summed E-state index contributed by atoms with van der Waals surface area (Å²) in [6.45, 7) is 4.44. The molecule has 0 radical (unpaired) electrons. The van der Waals surface area contributed by atoms with Crippen LogP contribution in [0.1, 0.15) is 26.7 Å². The number of hydrogen-bond donors (Lipinski definition) is 0. The third-order valence-corrected chi connectivity index (χ3v) is 5.48. The van der Waals surface area contributed by atoms with E-state index in [0.717, 1.165) is 12.8 Å². The van der Waals surface area contributed by atoms with E-state index in [-0.39, 0.29) is 10.4 Å². The van der Waals surface area contributed by atoms with Crippen molar-refractivity contribution in [3.05, 3.63) is 18.5 Å². The van der Waals surface area contributed by atoms with Crippen molar-refractivity contribution in [2.24, 2.45) is 0 Å². The van der Waals surface area contributed by atoms with Crippen LogP contribution in [0.15, 0.2) is 23.4 Å². The molecule has 0 N–H and O–H groups in total. The highest BCUT2D eigenvalue weighted by atomic mass is 32.2. The monoisotopic (exact) mass is 270 g/mol. The maximum Gasteiger partial charge on any atom is 0.248 e. The SMILES string of the molecule is COc1ccncc1S(=O)(=O)N1CCCC1(C)C. The Bertz CT molecular complexity index is 540. The van der Waals surface area contributed by atoms with Crippen molar-refractivity contribution >= 4 is 10.0 Å². The fourth-order valence-corrected chi connectivity index (χ4v) is 4.32. The lowest BCUT2D eigenvalue weighted by Gasteiger charge is -2.30. The van der Waals surface area contributed by atoms with Gasteiger partial charge in [0, 0.05) is 18.3 Å². The summed E-state index contributed by atoms with van der Waals surface area (Å²) in [5, 5.41) is 0. The number of ether oxygens (including phenoxy) is 1. The Morgan fingerprint density at radius 2 is 2.17 bits per heavy atom. The normalized spacial score (nSPS) is 19.9. The quantitative estimate of drug-likeness (QED) is 0.838. The average Bonchev–Trinajstić information content (AvgIpc) is 2.69. The fourth-order valence-electron chi connectivity index (χ4n) is 2.38. The highest BCUT2D eigenvalue weighted by molar-refractivity contribution is 7.89. The number of nitrogens with zero attached hydrogens (tertiary/aromatic N) is 2. The van der Waals surface area contributed by atoms with Gasteiger partial charge in [-0.2, -0.15) is 4.31 Å². The molecule has 6 heteroatoms. The zero-order valence-electron chi connectivity index (χ0n) is 10.9. The van der Waals surface area contributed by atoms with E-state index in [1.54, 1.807) is 10.4 Å². The maximum absolute atomic E-state index is 12.6. The molecule has 0 aromatic carbocycles. The lowest BCUT2D eigenvalue weighted by atomic mass is 10.0. The lowest BCUT2D eigenvalue weighted by Crippen LogP contribution is -2.42. The van der Waals surface area contributed by atoms with E-state index in [1.165, 1.54) is 19.5 Å². The van der Waals surface area contributed by atoms with Crippen LogP contribution >= 0.6 is 0 Å². The van der Waals surface area contributed by atoms with Gasteiger partial charge in [0.25, 0.3) is 0 Å². The van der Waals surface area contributed by atoms with Crippen molar-refractivity contribution in [3.63, 3.8) is 0 Å². The van der Waals surface area contributed by atoms with Gasteiger partial charge in [-0.15, -0.1) is 0 Å². The molecule has 2 rings (SSSR count). The second-order valence-corrected chi connectivity index (χ2v) is 6.85. The Labute approximate surface area is 108 Å². The molecule has 2 heterocycles. The Kier molecular flexibility index (Phi) is 3.33. The number of aromatic nitrogens is 1. The molecular weight excluding hydrogens is 252 g/mol. The number of methoxy groups -OCH3 is 1. The Balaban J connectivity index is 2.49. The second kappa shape index (κ2) is 4.51. The first-order chi connectivity index (χ1) is 8.39. The topological polar surface area (TPSA) is 59.5 Å². The van der Waals surface area contributed by atoms with Gasteiger partial charge >= 0.3 is 0 Å². The van der Waals surface area contributed by atoms with Crippen molar-refractivity contribution in [1.29, 1.82) is 0 Å². The molecule has 1 fully saturated rings. The van der Waals surface area contributed by atoms with E-state index in [9.17, 15) is 8.42 Å². The summed E-state index contributed by atoms with van der Waals surface area (Å²) in [5.41, 5.74) is -0.348. The van der Waals surface area contributed by atoms with Crippen LogP contribution < -0.4 is 4.74 Å². The van der Waals surface area contributed by atoms with E-state index >= 15 is 0 Å². The minimum Gasteiger partial charge on any atom is -0.495 e. The van der Waals surface area contributed by atoms with E-state index in [4.69, 9.17) is 4.74 Å². The molecule has 1 aromatic heterocycles. The first kappa shape index (κ1) is 13.3. The molecule has 0 amide bonds. The summed E-state index contributed by atoms with van der Waals surface area (Å²) in [6.07, 6.45) is 4.62. The van der Waals surface area contributed by atoms with E-state index in [2.05, 4.69) is 4.98 Å². The smallest absolute Gasteiger partial charge is 0.248 e. The van der Waals surface area contributed by atoms with Gasteiger partial charge in [0.2, 0.25) is 10.0 Å². The van der Waals surface area contributed by atoms with Crippen molar-refractivity contribution < 1.29 is 13.2 Å². The molecule has 1 saturated heterocycles. The third-order valence-electron chi connectivity index (χ3n) is 3.36. The maximum atomic E-state index is 12.6. The highest BCUT2D eigenvalue weighted by Crippen LogP contribution is 2.36. The first-order valence-corrected chi connectivity index (χ1v) is 7.34. The highest BCUT2D eigenvalue weighted by Gasteiger charge is 2.42. The Hall–Kier alpha value is -1.14. The second-order valence-electron chi connectivity index (χ2n) is 5.02. The fraction of sp³-hybridized carbons (Fsp3) is 0.583. The minimum absolute atomic E-state index is 0.141. The Morgan fingerprint density at radius 1 is 1.44 bits per heavy atom. The summed E-state index contributed by atoms with van der Waals surface area (Å²) in [4.78, 5) is 4.03. The van der Waals surface area contributed by atoms with Crippen molar-refractivity contribution in [3.8, 4) is 5.75 Å². The molecule has 5 nitrogen and oxygen atoms in total. The molecule has 0 aliphatic carbocycles. The van der Waals surface area contributed by atoms with Crippen LogP contribution in [0.3, 0.4) is 0 Å². The molecule has 0 bridgehead atoms. The van der Waals surface area contributed by atoms with Crippen molar-refractivity contribution in [2.75, 3.05) is 13.7 Å². The molecule has 18 heavy (non-hydrogen) atoms. The number of hydrogen-bond acceptors (Lipinski definition) is 4. The molecule has 100 valence electrons. The molecule has 0 atom stereocenters. The number of rotatable bonds is 3. The molecule has 1 aliphatic rings. The largest absolute Gasteiger partial charge is 0.495 e. The van der Waals surface area contributed by atoms with Gasteiger partial charge in [-0.05, 0) is 32.8 Å². The van der Waals surface area contributed by atoms with Crippen LogP contribution in [0.5, 0.6) is 5.75 Å². The van der Waals surface area contributed by atoms with Crippen LogP contribution in [0.2, 0.25) is 0 Å².